The third-order valence-corrected chi connectivity index (χ3v) is 5.97. The zero-order chi connectivity index (χ0) is 17.4. The van der Waals surface area contributed by atoms with Crippen molar-refractivity contribution < 1.29 is 24.0 Å². The zero-order valence-electron chi connectivity index (χ0n) is 13.3. The van der Waals surface area contributed by atoms with E-state index in [2.05, 4.69) is 5.48 Å². The van der Waals surface area contributed by atoms with Crippen molar-refractivity contribution in [1.82, 2.24) is 0 Å². The maximum Gasteiger partial charge on any atom is 0.183 e. The van der Waals surface area contributed by atoms with Crippen LogP contribution in [0.2, 0.25) is 0 Å². The molecule has 2 rings (SSSR count). The molecule has 5 nitrogen and oxygen atoms in total. The highest BCUT2D eigenvalue weighted by Gasteiger charge is 2.28. The van der Waals surface area contributed by atoms with Crippen molar-refractivity contribution in [3.05, 3.63) is 41.2 Å². The minimum atomic E-state index is -2.74. The first-order valence-electron chi connectivity index (χ1n) is 6.81. The van der Waals surface area contributed by atoms with Crippen LogP contribution >= 0.6 is 10.3 Å². The molecule has 23 heavy (non-hydrogen) atoms. The van der Waals surface area contributed by atoms with Crippen LogP contribution in [0.5, 0.6) is 11.5 Å². The largest absolute Gasteiger partial charge is 0.504 e. The molecule has 0 saturated heterocycles. The van der Waals surface area contributed by atoms with Gasteiger partial charge in [0.1, 0.15) is 11.5 Å². The van der Waals surface area contributed by atoms with E-state index in [0.29, 0.717) is 10.5 Å². The van der Waals surface area contributed by atoms with Gasteiger partial charge >= 0.3 is 0 Å². The third-order valence-electron chi connectivity index (χ3n) is 3.51. The number of rotatable bonds is 4. The highest BCUT2D eigenvalue weighted by molar-refractivity contribution is 8.28. The molecular formula is C16H20FNO4S. The van der Waals surface area contributed by atoms with Gasteiger partial charge in [-0.15, -0.1) is 0 Å². The Labute approximate surface area is 135 Å². The quantitative estimate of drug-likeness (QED) is 0.496. The summed E-state index contributed by atoms with van der Waals surface area (Å²) in [6, 6.07) is 5.80. The zero-order valence-corrected chi connectivity index (χ0v) is 14.2. The van der Waals surface area contributed by atoms with Crippen molar-refractivity contribution in [2.75, 3.05) is 18.8 Å². The van der Waals surface area contributed by atoms with Gasteiger partial charge in [0.15, 0.2) is 11.5 Å². The van der Waals surface area contributed by atoms with Crippen LogP contribution in [0.1, 0.15) is 11.1 Å². The number of nitrogens with one attached hydrogen (secondary N) is 1. The number of phenols is 2. The van der Waals surface area contributed by atoms with Gasteiger partial charge in [0.05, 0.1) is 12.0 Å². The lowest BCUT2D eigenvalue weighted by Gasteiger charge is -2.32. The van der Waals surface area contributed by atoms with Crippen molar-refractivity contribution in [1.29, 1.82) is 0 Å². The second-order valence-electron chi connectivity index (χ2n) is 5.41. The summed E-state index contributed by atoms with van der Waals surface area (Å²) < 4.78 is 25.4. The van der Waals surface area contributed by atoms with Gasteiger partial charge in [0.2, 0.25) is 0 Å². The van der Waals surface area contributed by atoms with E-state index in [4.69, 9.17) is 4.84 Å². The number of hydrogen-bond donors (Lipinski definition) is 4. The molecule has 0 aromatic heterocycles. The Bertz CT molecular complexity index is 726. The Balaban J connectivity index is 2.65. The van der Waals surface area contributed by atoms with Crippen LogP contribution < -0.4 is 5.48 Å². The van der Waals surface area contributed by atoms with Crippen LogP contribution in [0.4, 0.5) is 10.1 Å². The second-order valence-corrected chi connectivity index (χ2v) is 8.04. The molecule has 2 aromatic carbocycles. The lowest BCUT2D eigenvalue weighted by molar-refractivity contribution is 0.267. The molecule has 2 aromatic rings. The van der Waals surface area contributed by atoms with E-state index in [-0.39, 0.29) is 10.6 Å². The molecule has 1 atom stereocenters. The standard InChI is InChI=1S/C16H20FNO4S/c1-9-5-10(2)16(12(17)6-9)23(4,21)11-7-13(18-22-3)15(20)14(19)8-11/h5-8,18-21H,1-4H3. The minimum absolute atomic E-state index is 0.0837. The molecular weight excluding hydrogens is 321 g/mol. The summed E-state index contributed by atoms with van der Waals surface area (Å²) in [5, 5.41) is 19.7. The number of phenolic OH excluding ortho intramolecular Hbond substituents is 2. The van der Waals surface area contributed by atoms with Crippen molar-refractivity contribution >= 4 is 16.0 Å². The molecule has 7 heteroatoms. The summed E-state index contributed by atoms with van der Waals surface area (Å²) in [4.78, 5) is 5.21. The summed E-state index contributed by atoms with van der Waals surface area (Å²) in [5.41, 5.74) is 3.88. The SMILES string of the molecule is CONc1cc(S(C)(O)c2c(C)cc(C)cc2F)cc(O)c1O. The van der Waals surface area contributed by atoms with E-state index in [1.165, 1.54) is 31.6 Å². The number of aryl methyl sites for hydroxylation is 2. The third kappa shape index (κ3) is 3.21. The Kier molecular flexibility index (Phi) is 4.74. The van der Waals surface area contributed by atoms with Crippen LogP contribution in [0, 0.1) is 19.7 Å². The fourth-order valence-electron chi connectivity index (χ4n) is 2.53. The first-order valence-corrected chi connectivity index (χ1v) is 8.81. The molecule has 0 aliphatic rings. The number of halogens is 1. The van der Waals surface area contributed by atoms with E-state index in [0.717, 1.165) is 5.56 Å². The fourth-order valence-corrected chi connectivity index (χ4v) is 4.58. The average molecular weight is 341 g/mol. The van der Waals surface area contributed by atoms with Gasteiger partial charge < -0.3 is 14.8 Å². The second kappa shape index (κ2) is 6.27. The van der Waals surface area contributed by atoms with Gasteiger partial charge in [-0.3, -0.25) is 10.3 Å². The molecule has 0 heterocycles. The van der Waals surface area contributed by atoms with Crippen LogP contribution in [0.15, 0.2) is 34.1 Å². The van der Waals surface area contributed by atoms with Crippen molar-refractivity contribution in [3.63, 3.8) is 0 Å². The summed E-state index contributed by atoms with van der Waals surface area (Å²) in [6.07, 6.45) is 1.51. The highest BCUT2D eigenvalue weighted by Crippen LogP contribution is 2.60. The predicted octanol–water partition coefficient (Wildman–Crippen LogP) is 4.15. The Morgan fingerprint density at radius 3 is 2.35 bits per heavy atom. The monoisotopic (exact) mass is 341 g/mol. The van der Waals surface area contributed by atoms with Crippen LogP contribution in [0.3, 0.4) is 0 Å². The number of hydrogen-bond acceptors (Lipinski definition) is 5. The molecule has 1 unspecified atom stereocenters. The molecule has 0 aliphatic carbocycles. The summed E-state index contributed by atoms with van der Waals surface area (Å²) >= 11 is 0. The van der Waals surface area contributed by atoms with Crippen molar-refractivity contribution in [3.8, 4) is 11.5 Å². The van der Waals surface area contributed by atoms with Gasteiger partial charge in [-0.25, -0.2) is 4.39 Å². The number of anilines is 1. The normalized spacial score (nSPS) is 15.0. The lowest BCUT2D eigenvalue weighted by atomic mass is 10.1. The Hall–Kier alpha value is -1.96. The molecule has 0 saturated carbocycles. The average Bonchev–Trinajstić information content (AvgIpc) is 2.42. The summed E-state index contributed by atoms with van der Waals surface area (Å²) in [6.45, 7) is 3.50. The predicted molar refractivity (Wildman–Crippen MR) is 89.0 cm³/mol. The van der Waals surface area contributed by atoms with Gasteiger partial charge in [0, 0.05) is 4.90 Å². The molecule has 0 spiro atoms. The van der Waals surface area contributed by atoms with E-state index in [9.17, 15) is 19.2 Å². The van der Waals surface area contributed by atoms with Gasteiger partial charge in [0.25, 0.3) is 0 Å². The molecule has 126 valence electrons. The first-order chi connectivity index (χ1) is 10.7. The molecule has 0 radical (unpaired) electrons. The van der Waals surface area contributed by atoms with Crippen LogP contribution in [-0.2, 0) is 4.84 Å². The molecule has 0 amide bonds. The Morgan fingerprint density at radius 1 is 1.13 bits per heavy atom. The maximum absolute atomic E-state index is 14.4. The molecule has 4 N–H and O–H groups in total. The van der Waals surface area contributed by atoms with E-state index < -0.39 is 27.6 Å². The maximum atomic E-state index is 14.4. The van der Waals surface area contributed by atoms with Gasteiger partial charge in [-0.1, -0.05) is 16.4 Å². The lowest BCUT2D eigenvalue weighted by Crippen LogP contribution is -2.05. The van der Waals surface area contributed by atoms with E-state index in [1.807, 2.05) is 0 Å². The van der Waals surface area contributed by atoms with E-state index in [1.54, 1.807) is 19.9 Å². The van der Waals surface area contributed by atoms with Gasteiger partial charge in [-0.2, -0.15) is 0 Å². The van der Waals surface area contributed by atoms with Crippen LogP contribution in [0.25, 0.3) is 0 Å². The summed E-state index contributed by atoms with van der Waals surface area (Å²) in [5.74, 6) is -1.34. The summed E-state index contributed by atoms with van der Waals surface area (Å²) in [7, 11) is -1.39. The fraction of sp³-hybridized carbons (Fsp3) is 0.250. The van der Waals surface area contributed by atoms with Crippen molar-refractivity contribution in [2.45, 2.75) is 23.6 Å². The molecule has 0 fully saturated rings. The smallest absolute Gasteiger partial charge is 0.183 e. The minimum Gasteiger partial charge on any atom is -0.504 e. The van der Waals surface area contributed by atoms with Crippen LogP contribution in [-0.4, -0.2) is 28.1 Å². The molecule has 0 bridgehead atoms. The van der Waals surface area contributed by atoms with E-state index >= 15 is 0 Å². The number of aromatic hydroxyl groups is 2. The highest BCUT2D eigenvalue weighted by atomic mass is 32.3. The molecule has 0 aliphatic heterocycles. The van der Waals surface area contributed by atoms with Crippen molar-refractivity contribution in [2.24, 2.45) is 0 Å². The Morgan fingerprint density at radius 2 is 1.78 bits per heavy atom. The van der Waals surface area contributed by atoms with Gasteiger partial charge in [-0.05, 0) is 49.4 Å². The topological polar surface area (TPSA) is 82.0 Å². The first kappa shape index (κ1) is 17.4. The number of benzene rings is 2.